The van der Waals surface area contributed by atoms with E-state index in [1.807, 2.05) is 26.2 Å². The van der Waals surface area contributed by atoms with Gasteiger partial charge in [0.05, 0.1) is 11.3 Å². The highest BCUT2D eigenvalue weighted by Crippen LogP contribution is 2.08. The van der Waals surface area contributed by atoms with E-state index in [9.17, 15) is 4.79 Å². The zero-order valence-electron chi connectivity index (χ0n) is 11.1. The number of nitrogens with one attached hydrogen (secondary N) is 1. The predicted octanol–water partition coefficient (Wildman–Crippen LogP) is 1.54. The number of hydrogen-bond donors (Lipinski definition) is 2. The minimum absolute atomic E-state index is 0.00166. The van der Waals surface area contributed by atoms with E-state index in [2.05, 4.69) is 10.3 Å². The summed E-state index contributed by atoms with van der Waals surface area (Å²) in [6, 6.07) is 3.62. The highest BCUT2D eigenvalue weighted by Gasteiger charge is 2.15. The summed E-state index contributed by atoms with van der Waals surface area (Å²) in [5, 5.41) is 11.9. The summed E-state index contributed by atoms with van der Waals surface area (Å²) in [6.45, 7) is 3.81. The van der Waals surface area contributed by atoms with E-state index < -0.39 is 0 Å². The average molecular weight is 268 g/mol. The molecule has 1 unspecified atom stereocenters. The summed E-state index contributed by atoms with van der Waals surface area (Å²) >= 11 is 1.65. The van der Waals surface area contributed by atoms with Gasteiger partial charge in [-0.15, -0.1) is 0 Å². The van der Waals surface area contributed by atoms with Gasteiger partial charge < -0.3 is 10.4 Å². The molecular weight excluding hydrogens is 248 g/mol. The van der Waals surface area contributed by atoms with Crippen molar-refractivity contribution in [2.75, 3.05) is 18.6 Å². The van der Waals surface area contributed by atoms with Crippen molar-refractivity contribution in [3.8, 4) is 0 Å². The molecule has 1 aromatic heterocycles. The second-order valence-electron chi connectivity index (χ2n) is 4.22. The lowest BCUT2D eigenvalue weighted by molar-refractivity contribution is 0.0934. The van der Waals surface area contributed by atoms with Gasteiger partial charge in [-0.25, -0.2) is 0 Å². The molecule has 5 heteroatoms. The summed E-state index contributed by atoms with van der Waals surface area (Å²) in [7, 11) is 0. The highest BCUT2D eigenvalue weighted by molar-refractivity contribution is 7.98. The summed E-state index contributed by atoms with van der Waals surface area (Å²) in [5.41, 5.74) is 2.24. The molecule has 0 spiro atoms. The molecule has 0 aliphatic rings. The van der Waals surface area contributed by atoms with Crippen molar-refractivity contribution in [2.45, 2.75) is 26.3 Å². The number of aryl methyl sites for hydroxylation is 2. The van der Waals surface area contributed by atoms with Crippen molar-refractivity contribution in [3.05, 3.63) is 29.1 Å². The molecule has 0 fully saturated rings. The SMILES string of the molecule is CSCC(CCO)NC(=O)c1ccc(C)nc1C. The Labute approximate surface area is 112 Å². The number of aromatic nitrogens is 1. The van der Waals surface area contributed by atoms with Gasteiger partial charge in [0.1, 0.15) is 0 Å². The first kappa shape index (κ1) is 15.0. The van der Waals surface area contributed by atoms with Crippen molar-refractivity contribution in [1.29, 1.82) is 0 Å². The second-order valence-corrected chi connectivity index (χ2v) is 5.13. The van der Waals surface area contributed by atoms with Crippen molar-refractivity contribution in [2.24, 2.45) is 0 Å². The number of carbonyl (C=O) groups excluding carboxylic acids is 1. The Balaban J connectivity index is 2.73. The Morgan fingerprint density at radius 1 is 1.50 bits per heavy atom. The second kappa shape index (κ2) is 7.38. The zero-order chi connectivity index (χ0) is 13.5. The van der Waals surface area contributed by atoms with Crippen LogP contribution in [0.3, 0.4) is 0 Å². The van der Waals surface area contributed by atoms with Crippen LogP contribution in [0.5, 0.6) is 0 Å². The van der Waals surface area contributed by atoms with Crippen molar-refractivity contribution < 1.29 is 9.90 Å². The maximum absolute atomic E-state index is 12.1. The van der Waals surface area contributed by atoms with Crippen molar-refractivity contribution >= 4 is 17.7 Å². The number of hydrogen-bond acceptors (Lipinski definition) is 4. The van der Waals surface area contributed by atoms with Crippen LogP contribution in [0.25, 0.3) is 0 Å². The van der Waals surface area contributed by atoms with Gasteiger partial charge in [0.15, 0.2) is 0 Å². The lowest BCUT2D eigenvalue weighted by Crippen LogP contribution is -2.37. The number of pyridine rings is 1. The molecule has 0 aliphatic carbocycles. The van der Waals surface area contributed by atoms with Crippen molar-refractivity contribution in [3.63, 3.8) is 0 Å². The molecule has 100 valence electrons. The van der Waals surface area contributed by atoms with Crippen LogP contribution in [0.1, 0.15) is 28.2 Å². The molecule has 1 atom stereocenters. The van der Waals surface area contributed by atoms with Gasteiger partial charge in [-0.2, -0.15) is 11.8 Å². The third-order valence-electron chi connectivity index (χ3n) is 2.65. The molecule has 2 N–H and O–H groups in total. The maximum atomic E-state index is 12.1. The third-order valence-corrected chi connectivity index (χ3v) is 3.39. The lowest BCUT2D eigenvalue weighted by atomic mass is 10.1. The summed E-state index contributed by atoms with van der Waals surface area (Å²) in [4.78, 5) is 16.4. The number of thioether (sulfide) groups is 1. The van der Waals surface area contributed by atoms with Crippen LogP contribution >= 0.6 is 11.8 Å². The fraction of sp³-hybridized carbons (Fsp3) is 0.538. The van der Waals surface area contributed by atoms with E-state index in [4.69, 9.17) is 5.11 Å². The van der Waals surface area contributed by atoms with E-state index in [1.165, 1.54) is 0 Å². The highest BCUT2D eigenvalue weighted by atomic mass is 32.2. The smallest absolute Gasteiger partial charge is 0.253 e. The summed E-state index contributed by atoms with van der Waals surface area (Å²) in [5.74, 6) is 0.678. The molecule has 1 aromatic rings. The number of aliphatic hydroxyl groups excluding tert-OH is 1. The van der Waals surface area contributed by atoms with Crippen LogP contribution in [0.2, 0.25) is 0 Å². The number of amides is 1. The van der Waals surface area contributed by atoms with E-state index in [0.717, 1.165) is 17.1 Å². The fourth-order valence-corrected chi connectivity index (χ4v) is 2.40. The first-order valence-electron chi connectivity index (χ1n) is 5.93. The van der Waals surface area contributed by atoms with Gasteiger partial charge in [0.25, 0.3) is 5.91 Å². The van der Waals surface area contributed by atoms with Crippen LogP contribution in [0.4, 0.5) is 0 Å². The Kier molecular flexibility index (Phi) is 6.15. The quantitative estimate of drug-likeness (QED) is 0.821. The van der Waals surface area contributed by atoms with E-state index >= 15 is 0 Å². The monoisotopic (exact) mass is 268 g/mol. The fourth-order valence-electron chi connectivity index (χ4n) is 1.74. The molecule has 0 bridgehead atoms. The molecule has 0 saturated carbocycles. The van der Waals surface area contributed by atoms with E-state index in [0.29, 0.717) is 12.0 Å². The molecule has 0 aliphatic heterocycles. The minimum atomic E-state index is -0.118. The van der Waals surface area contributed by atoms with Crippen LogP contribution in [0.15, 0.2) is 12.1 Å². The molecule has 0 saturated heterocycles. The zero-order valence-corrected chi connectivity index (χ0v) is 11.9. The Morgan fingerprint density at radius 3 is 2.78 bits per heavy atom. The topological polar surface area (TPSA) is 62.2 Å². The molecule has 4 nitrogen and oxygen atoms in total. The summed E-state index contributed by atoms with van der Waals surface area (Å²) in [6.07, 6.45) is 2.56. The first-order valence-corrected chi connectivity index (χ1v) is 7.32. The van der Waals surface area contributed by atoms with E-state index in [1.54, 1.807) is 17.8 Å². The first-order chi connectivity index (χ1) is 8.58. The van der Waals surface area contributed by atoms with E-state index in [-0.39, 0.29) is 18.6 Å². The standard InChI is InChI=1S/C13H20N2O2S/c1-9-4-5-12(10(2)14-9)13(17)15-11(6-7-16)8-18-3/h4-5,11,16H,6-8H2,1-3H3,(H,15,17). The van der Waals surface area contributed by atoms with Gasteiger partial charge in [-0.1, -0.05) is 0 Å². The Morgan fingerprint density at radius 2 is 2.22 bits per heavy atom. The normalized spacial score (nSPS) is 12.2. The minimum Gasteiger partial charge on any atom is -0.396 e. The maximum Gasteiger partial charge on any atom is 0.253 e. The number of carbonyl (C=O) groups is 1. The summed E-state index contributed by atoms with van der Waals surface area (Å²) < 4.78 is 0. The molecule has 18 heavy (non-hydrogen) atoms. The van der Waals surface area contributed by atoms with Gasteiger partial charge in [-0.3, -0.25) is 9.78 Å². The molecule has 0 aromatic carbocycles. The lowest BCUT2D eigenvalue weighted by Gasteiger charge is -2.17. The number of nitrogens with zero attached hydrogens (tertiary/aromatic N) is 1. The number of aliphatic hydroxyl groups is 1. The Hall–Kier alpha value is -1.07. The molecular formula is C13H20N2O2S. The van der Waals surface area contributed by atoms with Gasteiger partial charge in [0, 0.05) is 24.1 Å². The van der Waals surface area contributed by atoms with Crippen LogP contribution in [-0.2, 0) is 0 Å². The van der Waals surface area contributed by atoms with Gasteiger partial charge in [0.2, 0.25) is 0 Å². The molecule has 1 amide bonds. The van der Waals surface area contributed by atoms with Gasteiger partial charge >= 0.3 is 0 Å². The largest absolute Gasteiger partial charge is 0.396 e. The molecule has 0 radical (unpaired) electrons. The predicted molar refractivity (Wildman–Crippen MR) is 75.1 cm³/mol. The van der Waals surface area contributed by atoms with Crippen LogP contribution < -0.4 is 5.32 Å². The molecule has 1 rings (SSSR count). The Bertz CT molecular complexity index is 404. The van der Waals surface area contributed by atoms with Crippen LogP contribution in [0, 0.1) is 13.8 Å². The number of rotatable bonds is 6. The average Bonchev–Trinajstić information content (AvgIpc) is 2.29. The van der Waals surface area contributed by atoms with Gasteiger partial charge in [-0.05, 0) is 38.7 Å². The molecule has 1 heterocycles. The third kappa shape index (κ3) is 4.31. The van der Waals surface area contributed by atoms with Crippen molar-refractivity contribution in [1.82, 2.24) is 10.3 Å². The van der Waals surface area contributed by atoms with Crippen LogP contribution in [-0.4, -0.2) is 40.7 Å².